The van der Waals surface area contributed by atoms with Gasteiger partial charge in [-0.05, 0) is 19.1 Å². The van der Waals surface area contributed by atoms with Crippen molar-refractivity contribution in [2.45, 2.75) is 19.5 Å². The predicted octanol–water partition coefficient (Wildman–Crippen LogP) is 1.39. The van der Waals surface area contributed by atoms with E-state index in [2.05, 4.69) is 21.2 Å². The Kier molecular flexibility index (Phi) is 4.02. The lowest BCUT2D eigenvalue weighted by molar-refractivity contribution is -0.119. The summed E-state index contributed by atoms with van der Waals surface area (Å²) in [6.07, 6.45) is 3.97. The maximum Gasteiger partial charge on any atom is 0.230 e. The molecule has 1 atom stereocenters. The van der Waals surface area contributed by atoms with Crippen LogP contribution < -0.4 is 5.32 Å². The molecule has 1 heterocycles. The Morgan fingerprint density at radius 2 is 2.15 bits per heavy atom. The lowest BCUT2D eigenvalue weighted by Crippen LogP contribution is -2.36. The minimum absolute atomic E-state index is 0.0275. The molecule has 13 heavy (non-hydrogen) atoms. The SMILES string of the molecule is CC(Cn1cccc1)NC(=O)CBr. The van der Waals surface area contributed by atoms with Gasteiger partial charge in [-0.3, -0.25) is 4.79 Å². The highest BCUT2D eigenvalue weighted by atomic mass is 79.9. The number of alkyl halides is 1. The second kappa shape index (κ2) is 5.07. The van der Waals surface area contributed by atoms with Gasteiger partial charge in [0.15, 0.2) is 0 Å². The van der Waals surface area contributed by atoms with Crippen LogP contribution in [0.3, 0.4) is 0 Å². The van der Waals surface area contributed by atoms with Crippen LogP contribution in [-0.4, -0.2) is 21.8 Å². The quantitative estimate of drug-likeness (QED) is 0.799. The Morgan fingerprint density at radius 1 is 1.54 bits per heavy atom. The second-order valence-electron chi connectivity index (χ2n) is 2.98. The minimum Gasteiger partial charge on any atom is -0.352 e. The van der Waals surface area contributed by atoms with Crippen LogP contribution in [0, 0.1) is 0 Å². The summed E-state index contributed by atoms with van der Waals surface area (Å²) in [5.74, 6) is 0.0275. The summed E-state index contributed by atoms with van der Waals surface area (Å²) in [6.45, 7) is 2.80. The first-order valence-corrected chi connectivity index (χ1v) is 5.30. The number of carbonyl (C=O) groups excluding carboxylic acids is 1. The van der Waals surface area contributed by atoms with Gasteiger partial charge in [0.2, 0.25) is 5.91 Å². The number of amides is 1. The van der Waals surface area contributed by atoms with Gasteiger partial charge >= 0.3 is 0 Å². The van der Waals surface area contributed by atoms with Crippen molar-refractivity contribution in [3.63, 3.8) is 0 Å². The molecular formula is C9H13BrN2O. The van der Waals surface area contributed by atoms with E-state index in [4.69, 9.17) is 0 Å². The Morgan fingerprint density at radius 3 is 2.69 bits per heavy atom. The standard InChI is InChI=1S/C9H13BrN2O/c1-8(11-9(13)6-10)7-12-4-2-3-5-12/h2-5,8H,6-7H2,1H3,(H,11,13). The number of nitrogens with one attached hydrogen (secondary N) is 1. The average Bonchev–Trinajstić information content (AvgIpc) is 2.56. The molecule has 72 valence electrons. The highest BCUT2D eigenvalue weighted by Gasteiger charge is 2.05. The minimum atomic E-state index is 0.0275. The maximum atomic E-state index is 11.0. The third kappa shape index (κ3) is 3.63. The zero-order chi connectivity index (χ0) is 9.68. The van der Waals surface area contributed by atoms with Crippen molar-refractivity contribution in [2.75, 3.05) is 5.33 Å². The van der Waals surface area contributed by atoms with Gasteiger partial charge in [-0.25, -0.2) is 0 Å². The first kappa shape index (κ1) is 10.3. The van der Waals surface area contributed by atoms with Crippen LogP contribution in [0.15, 0.2) is 24.5 Å². The summed E-state index contributed by atoms with van der Waals surface area (Å²) < 4.78 is 2.04. The van der Waals surface area contributed by atoms with Gasteiger partial charge < -0.3 is 9.88 Å². The zero-order valence-electron chi connectivity index (χ0n) is 7.53. The Balaban J connectivity index is 2.33. The highest BCUT2D eigenvalue weighted by Crippen LogP contribution is 1.94. The third-order valence-corrected chi connectivity index (χ3v) is 2.19. The van der Waals surface area contributed by atoms with Crippen LogP contribution in [0.2, 0.25) is 0 Å². The smallest absolute Gasteiger partial charge is 0.230 e. The monoisotopic (exact) mass is 244 g/mol. The number of rotatable bonds is 4. The van der Waals surface area contributed by atoms with Crippen LogP contribution in [0.1, 0.15) is 6.92 Å². The van der Waals surface area contributed by atoms with Crippen LogP contribution in [0.4, 0.5) is 0 Å². The summed E-state index contributed by atoms with van der Waals surface area (Å²) in [7, 11) is 0. The molecule has 1 rings (SSSR count). The summed E-state index contributed by atoms with van der Waals surface area (Å²) in [5, 5.41) is 3.23. The summed E-state index contributed by atoms with van der Waals surface area (Å²) in [5.41, 5.74) is 0. The van der Waals surface area contributed by atoms with Crippen LogP contribution in [0.25, 0.3) is 0 Å². The van der Waals surface area contributed by atoms with Crippen molar-refractivity contribution >= 4 is 21.8 Å². The predicted molar refractivity (Wildman–Crippen MR) is 55.8 cm³/mol. The van der Waals surface area contributed by atoms with E-state index in [1.807, 2.05) is 36.0 Å². The fourth-order valence-corrected chi connectivity index (χ4v) is 1.33. The number of aromatic nitrogens is 1. The molecule has 1 aromatic rings. The van der Waals surface area contributed by atoms with Crippen molar-refractivity contribution < 1.29 is 4.79 Å². The molecule has 0 saturated carbocycles. The Labute approximate surface area is 86.3 Å². The van der Waals surface area contributed by atoms with E-state index >= 15 is 0 Å². The van der Waals surface area contributed by atoms with Crippen molar-refractivity contribution in [1.29, 1.82) is 0 Å². The molecule has 0 saturated heterocycles. The molecular weight excluding hydrogens is 232 g/mol. The fraction of sp³-hybridized carbons (Fsp3) is 0.444. The van der Waals surface area contributed by atoms with E-state index in [1.54, 1.807) is 0 Å². The molecule has 0 aliphatic heterocycles. The average molecular weight is 245 g/mol. The highest BCUT2D eigenvalue weighted by molar-refractivity contribution is 9.09. The molecule has 0 spiro atoms. The van der Waals surface area contributed by atoms with Gasteiger partial charge in [0, 0.05) is 25.0 Å². The van der Waals surface area contributed by atoms with Crippen molar-refractivity contribution in [2.24, 2.45) is 0 Å². The van der Waals surface area contributed by atoms with Gasteiger partial charge in [-0.1, -0.05) is 15.9 Å². The molecule has 0 aliphatic carbocycles. The van der Waals surface area contributed by atoms with Gasteiger partial charge in [-0.15, -0.1) is 0 Å². The van der Waals surface area contributed by atoms with Crippen molar-refractivity contribution in [3.05, 3.63) is 24.5 Å². The maximum absolute atomic E-state index is 11.0. The van der Waals surface area contributed by atoms with Crippen LogP contribution in [-0.2, 0) is 11.3 Å². The van der Waals surface area contributed by atoms with Crippen molar-refractivity contribution in [1.82, 2.24) is 9.88 Å². The van der Waals surface area contributed by atoms with E-state index in [-0.39, 0.29) is 11.9 Å². The van der Waals surface area contributed by atoms with E-state index < -0.39 is 0 Å². The zero-order valence-corrected chi connectivity index (χ0v) is 9.12. The van der Waals surface area contributed by atoms with Gasteiger partial charge in [0.25, 0.3) is 0 Å². The van der Waals surface area contributed by atoms with E-state index in [0.29, 0.717) is 5.33 Å². The lowest BCUT2D eigenvalue weighted by Gasteiger charge is -2.13. The number of halogens is 1. The summed E-state index contributed by atoms with van der Waals surface area (Å²) in [4.78, 5) is 11.0. The van der Waals surface area contributed by atoms with Gasteiger partial charge in [0.1, 0.15) is 0 Å². The third-order valence-electron chi connectivity index (χ3n) is 1.68. The normalized spacial score (nSPS) is 12.5. The van der Waals surface area contributed by atoms with Gasteiger partial charge in [0.05, 0.1) is 5.33 Å². The largest absolute Gasteiger partial charge is 0.352 e. The molecule has 0 bridgehead atoms. The molecule has 1 unspecified atom stereocenters. The molecule has 0 radical (unpaired) electrons. The second-order valence-corrected chi connectivity index (χ2v) is 3.54. The molecule has 0 aliphatic rings. The Bertz CT molecular complexity index is 259. The summed E-state index contributed by atoms with van der Waals surface area (Å²) in [6, 6.07) is 4.11. The number of hydrogen-bond donors (Lipinski definition) is 1. The van der Waals surface area contributed by atoms with E-state index in [9.17, 15) is 4.79 Å². The van der Waals surface area contributed by atoms with Crippen molar-refractivity contribution in [3.8, 4) is 0 Å². The summed E-state index contributed by atoms with van der Waals surface area (Å²) >= 11 is 3.10. The molecule has 1 amide bonds. The molecule has 1 N–H and O–H groups in total. The molecule has 1 aromatic heterocycles. The Hall–Kier alpha value is -0.770. The van der Waals surface area contributed by atoms with Gasteiger partial charge in [-0.2, -0.15) is 0 Å². The molecule has 4 heteroatoms. The molecule has 0 fully saturated rings. The number of nitrogens with zero attached hydrogens (tertiary/aromatic N) is 1. The first-order chi connectivity index (χ1) is 6.22. The first-order valence-electron chi connectivity index (χ1n) is 4.18. The molecule has 3 nitrogen and oxygen atoms in total. The topological polar surface area (TPSA) is 34.0 Å². The van der Waals surface area contributed by atoms with E-state index in [1.165, 1.54) is 0 Å². The van der Waals surface area contributed by atoms with Crippen LogP contribution in [0.5, 0.6) is 0 Å². The van der Waals surface area contributed by atoms with E-state index in [0.717, 1.165) is 6.54 Å². The number of carbonyl (C=O) groups is 1. The number of hydrogen-bond acceptors (Lipinski definition) is 1. The molecule has 0 aromatic carbocycles. The fourth-order valence-electron chi connectivity index (χ4n) is 1.17. The van der Waals surface area contributed by atoms with Crippen LogP contribution >= 0.6 is 15.9 Å². The lowest BCUT2D eigenvalue weighted by atomic mass is 10.3.